The Hall–Kier alpha value is -2.28. The quantitative estimate of drug-likeness (QED) is 0.878. The molecule has 0 atom stereocenters. The van der Waals surface area contributed by atoms with Gasteiger partial charge in [-0.25, -0.2) is 0 Å². The van der Waals surface area contributed by atoms with Crippen molar-refractivity contribution in [1.29, 1.82) is 0 Å². The third kappa shape index (κ3) is 3.94. The average molecular weight is 383 g/mol. The zero-order valence-corrected chi connectivity index (χ0v) is 17.1. The molecule has 1 fully saturated rings. The van der Waals surface area contributed by atoms with Crippen LogP contribution in [-0.2, 0) is 19.5 Å². The number of likely N-dealkylation sites (tertiary alicyclic amines) is 1. The highest BCUT2D eigenvalue weighted by atomic mass is 16.2. The van der Waals surface area contributed by atoms with Crippen LogP contribution in [0.5, 0.6) is 0 Å². The number of nitrogens with zero attached hydrogens (tertiary/aromatic N) is 5. The lowest BCUT2D eigenvalue weighted by molar-refractivity contribution is 0.0611. The number of hydrogen-bond acceptors (Lipinski definition) is 5. The summed E-state index contributed by atoms with van der Waals surface area (Å²) in [7, 11) is 0. The normalized spacial score (nSPS) is 19.0. The van der Waals surface area contributed by atoms with Gasteiger partial charge in [-0.3, -0.25) is 14.7 Å². The fraction of sp³-hybridized carbons (Fsp3) is 0.619. The first-order chi connectivity index (χ1) is 13.4. The SMILES string of the molecule is Cc1cccc(CN2CCC3(CCc4nnc(C(=O)NC(C)C)n4C3)CC2)n1. The van der Waals surface area contributed by atoms with Gasteiger partial charge in [0.15, 0.2) is 0 Å². The summed E-state index contributed by atoms with van der Waals surface area (Å²) in [5, 5.41) is 11.4. The molecule has 7 nitrogen and oxygen atoms in total. The first-order valence-electron chi connectivity index (χ1n) is 10.3. The number of aryl methyl sites for hydroxylation is 2. The van der Waals surface area contributed by atoms with E-state index in [0.29, 0.717) is 5.82 Å². The highest BCUT2D eigenvalue weighted by Gasteiger charge is 2.39. The molecule has 1 amide bonds. The first kappa shape index (κ1) is 19.1. The van der Waals surface area contributed by atoms with Crippen LogP contribution >= 0.6 is 0 Å². The summed E-state index contributed by atoms with van der Waals surface area (Å²) >= 11 is 0. The number of aromatic nitrogens is 4. The first-order valence-corrected chi connectivity index (χ1v) is 10.3. The summed E-state index contributed by atoms with van der Waals surface area (Å²) in [4.78, 5) is 19.6. The molecule has 0 saturated carbocycles. The van der Waals surface area contributed by atoms with Crippen molar-refractivity contribution in [3.05, 3.63) is 41.2 Å². The molecular weight excluding hydrogens is 352 g/mol. The topological polar surface area (TPSA) is 75.9 Å². The molecule has 0 unspecified atom stereocenters. The molecule has 4 rings (SSSR count). The molecule has 1 N–H and O–H groups in total. The lowest BCUT2D eigenvalue weighted by Crippen LogP contribution is -2.45. The van der Waals surface area contributed by atoms with Gasteiger partial charge in [0.1, 0.15) is 5.82 Å². The van der Waals surface area contributed by atoms with Crippen molar-refractivity contribution in [1.82, 2.24) is 30.0 Å². The number of carbonyl (C=O) groups is 1. The predicted molar refractivity (Wildman–Crippen MR) is 107 cm³/mol. The van der Waals surface area contributed by atoms with Crippen molar-refractivity contribution >= 4 is 5.91 Å². The number of nitrogens with one attached hydrogen (secondary N) is 1. The maximum Gasteiger partial charge on any atom is 0.289 e. The van der Waals surface area contributed by atoms with Gasteiger partial charge in [-0.15, -0.1) is 10.2 Å². The largest absolute Gasteiger partial charge is 0.347 e. The molecule has 2 aliphatic heterocycles. The van der Waals surface area contributed by atoms with Gasteiger partial charge in [-0.1, -0.05) is 6.07 Å². The Labute approximate surface area is 166 Å². The molecule has 150 valence electrons. The van der Waals surface area contributed by atoms with E-state index in [9.17, 15) is 4.79 Å². The molecule has 1 saturated heterocycles. The molecule has 2 aliphatic rings. The van der Waals surface area contributed by atoms with Crippen molar-refractivity contribution < 1.29 is 4.79 Å². The van der Waals surface area contributed by atoms with Crippen LogP contribution in [0.25, 0.3) is 0 Å². The smallest absolute Gasteiger partial charge is 0.289 e. The monoisotopic (exact) mass is 382 g/mol. The number of hydrogen-bond donors (Lipinski definition) is 1. The van der Waals surface area contributed by atoms with Crippen LogP contribution in [-0.4, -0.2) is 49.7 Å². The van der Waals surface area contributed by atoms with Crippen molar-refractivity contribution in [2.45, 2.75) is 65.6 Å². The number of amides is 1. The minimum absolute atomic E-state index is 0.0940. The molecule has 1 spiro atoms. The van der Waals surface area contributed by atoms with E-state index in [4.69, 9.17) is 0 Å². The summed E-state index contributed by atoms with van der Waals surface area (Å²) in [6, 6.07) is 6.33. The van der Waals surface area contributed by atoms with Crippen LogP contribution in [0, 0.1) is 12.3 Å². The van der Waals surface area contributed by atoms with Crippen LogP contribution in [0.2, 0.25) is 0 Å². The van der Waals surface area contributed by atoms with Gasteiger partial charge in [0.05, 0.1) is 5.69 Å². The highest BCUT2D eigenvalue weighted by molar-refractivity contribution is 5.90. The van der Waals surface area contributed by atoms with E-state index in [0.717, 1.165) is 69.1 Å². The number of rotatable bonds is 4. The van der Waals surface area contributed by atoms with Crippen molar-refractivity contribution in [3.8, 4) is 0 Å². The molecule has 4 heterocycles. The zero-order chi connectivity index (χ0) is 19.7. The Morgan fingerprint density at radius 1 is 1.21 bits per heavy atom. The fourth-order valence-electron chi connectivity index (χ4n) is 4.48. The lowest BCUT2D eigenvalue weighted by Gasteiger charge is -2.44. The van der Waals surface area contributed by atoms with E-state index in [1.807, 2.05) is 26.8 Å². The third-order valence-corrected chi connectivity index (χ3v) is 6.07. The predicted octanol–water partition coefficient (Wildman–Crippen LogP) is 2.35. The highest BCUT2D eigenvalue weighted by Crippen LogP contribution is 2.41. The van der Waals surface area contributed by atoms with Crippen LogP contribution in [0.1, 0.15) is 60.9 Å². The Bertz CT molecular complexity index is 850. The third-order valence-electron chi connectivity index (χ3n) is 6.07. The Kier molecular flexibility index (Phi) is 5.19. The Morgan fingerprint density at radius 3 is 2.71 bits per heavy atom. The van der Waals surface area contributed by atoms with Crippen LogP contribution in [0.4, 0.5) is 0 Å². The molecule has 28 heavy (non-hydrogen) atoms. The lowest BCUT2D eigenvalue weighted by atomic mass is 9.73. The van der Waals surface area contributed by atoms with Gasteiger partial charge in [0.25, 0.3) is 5.91 Å². The second kappa shape index (κ2) is 7.62. The van der Waals surface area contributed by atoms with Gasteiger partial charge in [0, 0.05) is 31.2 Å². The Morgan fingerprint density at radius 2 is 2.00 bits per heavy atom. The second-order valence-electron chi connectivity index (χ2n) is 8.70. The van der Waals surface area contributed by atoms with Crippen LogP contribution in [0.15, 0.2) is 18.2 Å². The van der Waals surface area contributed by atoms with Crippen molar-refractivity contribution in [2.75, 3.05) is 13.1 Å². The summed E-state index contributed by atoms with van der Waals surface area (Å²) in [5.41, 5.74) is 2.47. The van der Waals surface area contributed by atoms with Gasteiger partial charge in [0.2, 0.25) is 5.82 Å². The van der Waals surface area contributed by atoms with Crippen molar-refractivity contribution in [3.63, 3.8) is 0 Å². The molecule has 0 aromatic carbocycles. The van der Waals surface area contributed by atoms with E-state index in [-0.39, 0.29) is 17.4 Å². The number of carbonyl (C=O) groups excluding carboxylic acids is 1. The minimum atomic E-state index is -0.117. The maximum absolute atomic E-state index is 12.5. The summed E-state index contributed by atoms with van der Waals surface area (Å²) in [6.07, 6.45) is 4.32. The van der Waals surface area contributed by atoms with Crippen LogP contribution in [0.3, 0.4) is 0 Å². The minimum Gasteiger partial charge on any atom is -0.347 e. The Balaban J connectivity index is 1.42. The number of pyridine rings is 1. The molecule has 0 radical (unpaired) electrons. The van der Waals surface area contributed by atoms with Crippen LogP contribution < -0.4 is 5.32 Å². The average Bonchev–Trinajstić information content (AvgIpc) is 3.06. The van der Waals surface area contributed by atoms with E-state index in [1.54, 1.807) is 0 Å². The standard InChI is InChI=1S/C21H30N6O/c1-15(2)22-20(28)19-25-24-18-7-8-21(14-27(18)19)9-11-26(12-10-21)13-17-6-4-5-16(3)23-17/h4-6,15H,7-14H2,1-3H3,(H,22,28). The second-order valence-corrected chi connectivity index (χ2v) is 8.70. The molecule has 2 aromatic heterocycles. The fourth-order valence-corrected chi connectivity index (χ4v) is 4.48. The zero-order valence-electron chi connectivity index (χ0n) is 17.1. The van der Waals surface area contributed by atoms with E-state index in [2.05, 4.69) is 42.1 Å². The molecule has 0 aliphatic carbocycles. The van der Waals surface area contributed by atoms with E-state index < -0.39 is 0 Å². The number of fused-ring (bicyclic) bond motifs is 1. The summed E-state index contributed by atoms with van der Waals surface area (Å²) < 4.78 is 2.07. The van der Waals surface area contributed by atoms with E-state index in [1.165, 1.54) is 0 Å². The van der Waals surface area contributed by atoms with E-state index >= 15 is 0 Å². The van der Waals surface area contributed by atoms with Gasteiger partial charge < -0.3 is 9.88 Å². The molecule has 0 bridgehead atoms. The number of piperidine rings is 1. The van der Waals surface area contributed by atoms with Gasteiger partial charge in [-0.05, 0) is 70.7 Å². The molecule has 2 aromatic rings. The summed E-state index contributed by atoms with van der Waals surface area (Å²) in [6.45, 7) is 9.88. The molecule has 7 heteroatoms. The van der Waals surface area contributed by atoms with Gasteiger partial charge >= 0.3 is 0 Å². The maximum atomic E-state index is 12.5. The molecular formula is C21H30N6O. The van der Waals surface area contributed by atoms with Gasteiger partial charge in [-0.2, -0.15) is 0 Å². The summed E-state index contributed by atoms with van der Waals surface area (Å²) in [5.74, 6) is 1.30. The van der Waals surface area contributed by atoms with Crippen molar-refractivity contribution in [2.24, 2.45) is 5.41 Å².